The lowest BCUT2D eigenvalue weighted by atomic mass is 10.0. The maximum absolute atomic E-state index is 13.3. The minimum atomic E-state index is -0.509. The molecule has 0 spiro atoms. The molecular formula is C24H21N3O3. The number of rotatable bonds is 5. The van der Waals surface area contributed by atoms with E-state index in [2.05, 4.69) is 15.3 Å². The average Bonchev–Trinajstić information content (AvgIpc) is 2.78. The Labute approximate surface area is 173 Å². The molecule has 6 heteroatoms. The van der Waals surface area contributed by atoms with Gasteiger partial charge in [0.1, 0.15) is 17.1 Å². The van der Waals surface area contributed by atoms with Crippen LogP contribution in [0.5, 0.6) is 11.5 Å². The normalized spacial score (nSPS) is 11.9. The van der Waals surface area contributed by atoms with E-state index in [0.717, 1.165) is 0 Å². The molecule has 0 fully saturated rings. The lowest BCUT2D eigenvalue weighted by molar-refractivity contribution is 0.0933. The minimum absolute atomic E-state index is 0.0124. The van der Waals surface area contributed by atoms with Gasteiger partial charge in [-0.25, -0.2) is 4.98 Å². The zero-order chi connectivity index (χ0) is 21.1. The first-order valence-corrected chi connectivity index (χ1v) is 9.72. The third kappa shape index (κ3) is 3.55. The third-order valence-corrected chi connectivity index (χ3v) is 5.00. The molecule has 6 nitrogen and oxygen atoms in total. The number of hydrogen-bond donors (Lipinski definition) is 3. The van der Waals surface area contributed by atoms with Crippen molar-refractivity contribution in [3.05, 3.63) is 84.2 Å². The second-order valence-electron chi connectivity index (χ2n) is 6.91. The summed E-state index contributed by atoms with van der Waals surface area (Å²) < 4.78 is 0. The maximum Gasteiger partial charge on any atom is 0.256 e. The molecule has 30 heavy (non-hydrogen) atoms. The van der Waals surface area contributed by atoms with Crippen molar-refractivity contribution in [2.75, 3.05) is 0 Å². The van der Waals surface area contributed by atoms with E-state index in [9.17, 15) is 15.0 Å². The standard InChI is InChI=1S/C24H21N3O3/c1-2-17(22-19(28)13-8-14-25-22)27-24(30)20-16-11-6-7-12-18(16)26-21(23(20)29)15-9-4-3-5-10-15/h3-14,17,28-29H,2H2,1H3,(H,27,30). The van der Waals surface area contributed by atoms with Crippen LogP contribution in [0.15, 0.2) is 72.9 Å². The Balaban J connectivity index is 1.82. The molecule has 150 valence electrons. The highest BCUT2D eigenvalue weighted by Gasteiger charge is 2.24. The van der Waals surface area contributed by atoms with Gasteiger partial charge in [0.05, 0.1) is 17.1 Å². The fourth-order valence-electron chi connectivity index (χ4n) is 3.50. The first-order chi connectivity index (χ1) is 14.6. The molecule has 1 atom stereocenters. The second kappa shape index (κ2) is 8.21. The lowest BCUT2D eigenvalue weighted by Crippen LogP contribution is -2.29. The predicted octanol–water partition coefficient (Wildman–Crippen LogP) is 4.59. The van der Waals surface area contributed by atoms with Crippen LogP contribution in [0.3, 0.4) is 0 Å². The van der Waals surface area contributed by atoms with E-state index in [1.54, 1.807) is 30.5 Å². The maximum atomic E-state index is 13.3. The smallest absolute Gasteiger partial charge is 0.256 e. The zero-order valence-corrected chi connectivity index (χ0v) is 16.4. The first-order valence-electron chi connectivity index (χ1n) is 9.72. The van der Waals surface area contributed by atoms with Gasteiger partial charge in [-0.15, -0.1) is 0 Å². The number of fused-ring (bicyclic) bond motifs is 1. The molecule has 2 aromatic carbocycles. The van der Waals surface area contributed by atoms with Gasteiger partial charge in [-0.05, 0) is 24.6 Å². The molecule has 0 saturated carbocycles. The number of aromatic hydroxyl groups is 2. The highest BCUT2D eigenvalue weighted by atomic mass is 16.3. The van der Waals surface area contributed by atoms with E-state index in [1.165, 1.54) is 6.07 Å². The van der Waals surface area contributed by atoms with Gasteiger partial charge in [-0.1, -0.05) is 55.5 Å². The lowest BCUT2D eigenvalue weighted by Gasteiger charge is -2.19. The van der Waals surface area contributed by atoms with E-state index < -0.39 is 11.9 Å². The summed E-state index contributed by atoms with van der Waals surface area (Å²) in [6, 6.07) is 19.1. The summed E-state index contributed by atoms with van der Waals surface area (Å²) in [5, 5.41) is 24.6. The summed E-state index contributed by atoms with van der Waals surface area (Å²) >= 11 is 0. The Kier molecular flexibility index (Phi) is 5.30. The number of amides is 1. The molecule has 0 aliphatic carbocycles. The van der Waals surface area contributed by atoms with Crippen molar-refractivity contribution in [3.63, 3.8) is 0 Å². The zero-order valence-electron chi connectivity index (χ0n) is 16.4. The predicted molar refractivity (Wildman–Crippen MR) is 115 cm³/mol. The van der Waals surface area contributed by atoms with Gasteiger partial charge in [-0.2, -0.15) is 0 Å². The second-order valence-corrected chi connectivity index (χ2v) is 6.91. The van der Waals surface area contributed by atoms with Gasteiger partial charge >= 0.3 is 0 Å². The molecule has 2 aromatic heterocycles. The molecule has 0 aliphatic rings. The van der Waals surface area contributed by atoms with E-state index in [4.69, 9.17) is 0 Å². The molecule has 4 aromatic rings. The molecule has 0 saturated heterocycles. The number of carbonyl (C=O) groups excluding carboxylic acids is 1. The number of pyridine rings is 2. The first kappa shape index (κ1) is 19.4. The number of nitrogens with zero attached hydrogens (tertiary/aromatic N) is 2. The van der Waals surface area contributed by atoms with E-state index in [-0.39, 0.29) is 17.1 Å². The Morgan fingerprint density at radius 2 is 1.73 bits per heavy atom. The summed E-state index contributed by atoms with van der Waals surface area (Å²) in [7, 11) is 0. The molecule has 2 heterocycles. The largest absolute Gasteiger partial charge is 0.506 e. The van der Waals surface area contributed by atoms with Gasteiger partial charge in [0.2, 0.25) is 0 Å². The number of nitrogens with one attached hydrogen (secondary N) is 1. The van der Waals surface area contributed by atoms with Crippen molar-refractivity contribution < 1.29 is 15.0 Å². The van der Waals surface area contributed by atoms with Gasteiger partial charge < -0.3 is 15.5 Å². The molecule has 0 radical (unpaired) electrons. The molecule has 1 amide bonds. The van der Waals surface area contributed by atoms with Crippen LogP contribution in [0.4, 0.5) is 0 Å². The Morgan fingerprint density at radius 1 is 1.00 bits per heavy atom. The van der Waals surface area contributed by atoms with Crippen molar-refractivity contribution in [2.45, 2.75) is 19.4 Å². The molecule has 4 rings (SSSR count). The van der Waals surface area contributed by atoms with Crippen molar-refractivity contribution >= 4 is 16.8 Å². The van der Waals surface area contributed by atoms with Crippen LogP contribution in [0, 0.1) is 0 Å². The summed E-state index contributed by atoms with van der Waals surface area (Å²) in [5.74, 6) is -0.629. The van der Waals surface area contributed by atoms with Gasteiger partial charge in [-0.3, -0.25) is 9.78 Å². The van der Waals surface area contributed by atoms with Crippen molar-refractivity contribution in [1.29, 1.82) is 0 Å². The quantitative estimate of drug-likeness (QED) is 0.456. The van der Waals surface area contributed by atoms with Crippen molar-refractivity contribution in [2.24, 2.45) is 0 Å². The fourth-order valence-corrected chi connectivity index (χ4v) is 3.50. The molecule has 1 unspecified atom stereocenters. The number of aromatic nitrogens is 2. The van der Waals surface area contributed by atoms with E-state index >= 15 is 0 Å². The SMILES string of the molecule is CCC(NC(=O)c1c(O)c(-c2ccccc2)nc2ccccc12)c1ncccc1O. The topological polar surface area (TPSA) is 95.3 Å². The van der Waals surface area contributed by atoms with Crippen LogP contribution < -0.4 is 5.32 Å². The molecule has 0 aliphatic heterocycles. The van der Waals surface area contributed by atoms with Crippen LogP contribution in [-0.2, 0) is 0 Å². The average molecular weight is 399 g/mol. The monoisotopic (exact) mass is 399 g/mol. The van der Waals surface area contributed by atoms with E-state index in [1.807, 2.05) is 43.3 Å². The van der Waals surface area contributed by atoms with Crippen LogP contribution in [0.1, 0.15) is 35.4 Å². The van der Waals surface area contributed by atoms with Crippen LogP contribution in [0.2, 0.25) is 0 Å². The Hall–Kier alpha value is -3.93. The van der Waals surface area contributed by atoms with Crippen molar-refractivity contribution in [3.8, 4) is 22.8 Å². The summed E-state index contributed by atoms with van der Waals surface area (Å²) in [6.45, 7) is 1.89. The van der Waals surface area contributed by atoms with E-state index in [0.29, 0.717) is 34.3 Å². The number of hydrogen-bond acceptors (Lipinski definition) is 5. The van der Waals surface area contributed by atoms with Gasteiger partial charge in [0, 0.05) is 17.1 Å². The number of para-hydroxylation sites is 1. The summed E-state index contributed by atoms with van der Waals surface area (Å²) in [6.07, 6.45) is 2.09. The van der Waals surface area contributed by atoms with Crippen molar-refractivity contribution in [1.82, 2.24) is 15.3 Å². The summed E-state index contributed by atoms with van der Waals surface area (Å²) in [4.78, 5) is 22.1. The third-order valence-electron chi connectivity index (χ3n) is 5.00. The van der Waals surface area contributed by atoms with Crippen LogP contribution in [0.25, 0.3) is 22.2 Å². The Morgan fingerprint density at radius 3 is 2.47 bits per heavy atom. The number of carbonyl (C=O) groups is 1. The highest BCUT2D eigenvalue weighted by molar-refractivity contribution is 6.10. The fraction of sp³-hybridized carbons (Fsp3) is 0.125. The van der Waals surface area contributed by atoms with Gasteiger partial charge in [0.15, 0.2) is 5.75 Å². The van der Waals surface area contributed by atoms with Crippen LogP contribution >= 0.6 is 0 Å². The molecule has 0 bridgehead atoms. The number of benzene rings is 2. The van der Waals surface area contributed by atoms with Crippen LogP contribution in [-0.4, -0.2) is 26.1 Å². The molecule has 3 N–H and O–H groups in total. The Bertz CT molecular complexity index is 1210. The minimum Gasteiger partial charge on any atom is -0.506 e. The molecular weight excluding hydrogens is 378 g/mol. The highest BCUT2D eigenvalue weighted by Crippen LogP contribution is 2.36. The summed E-state index contributed by atoms with van der Waals surface area (Å²) in [5.41, 5.74) is 2.19. The van der Waals surface area contributed by atoms with Gasteiger partial charge in [0.25, 0.3) is 5.91 Å².